The quantitative estimate of drug-likeness (QED) is 0.518. The topological polar surface area (TPSA) is 34.1 Å². The second-order valence-electron chi connectivity index (χ2n) is 9.13. The first kappa shape index (κ1) is 17.6. The SMILES string of the molecule is C=C1C[C@@H]2[C@@H](CC[C@]3(C)C(=O)CC[C@@H]23)[C@]2(C)C1=C(F)C(=O)C(Br)C2C. The second kappa shape index (κ2) is 5.37. The van der Waals surface area contributed by atoms with Gasteiger partial charge in [-0.25, -0.2) is 4.39 Å². The summed E-state index contributed by atoms with van der Waals surface area (Å²) in [5.41, 5.74) is 0.762. The maximum absolute atomic E-state index is 15.0. The van der Waals surface area contributed by atoms with Crippen molar-refractivity contribution in [3.63, 3.8) is 0 Å². The van der Waals surface area contributed by atoms with E-state index in [9.17, 15) is 14.0 Å². The van der Waals surface area contributed by atoms with Crippen LogP contribution in [0.2, 0.25) is 0 Å². The van der Waals surface area contributed by atoms with Crippen LogP contribution in [0.25, 0.3) is 0 Å². The van der Waals surface area contributed by atoms with Crippen LogP contribution in [-0.4, -0.2) is 16.4 Å². The average Bonchev–Trinajstić information content (AvgIpc) is 2.87. The van der Waals surface area contributed by atoms with Crippen LogP contribution in [-0.2, 0) is 9.59 Å². The first-order valence-electron chi connectivity index (χ1n) is 9.44. The van der Waals surface area contributed by atoms with Crippen LogP contribution in [0.3, 0.4) is 0 Å². The van der Waals surface area contributed by atoms with Gasteiger partial charge in [-0.1, -0.05) is 43.3 Å². The minimum atomic E-state index is -0.582. The van der Waals surface area contributed by atoms with E-state index in [1.165, 1.54) is 0 Å². The Kier molecular flexibility index (Phi) is 3.79. The zero-order valence-corrected chi connectivity index (χ0v) is 16.8. The van der Waals surface area contributed by atoms with Crippen LogP contribution in [0.15, 0.2) is 23.6 Å². The summed E-state index contributed by atoms with van der Waals surface area (Å²) in [4.78, 5) is 24.4. The molecule has 0 saturated heterocycles. The van der Waals surface area contributed by atoms with Crippen molar-refractivity contribution in [2.24, 2.45) is 34.5 Å². The van der Waals surface area contributed by atoms with E-state index in [0.717, 1.165) is 31.3 Å². The third kappa shape index (κ3) is 2.01. The standard InChI is InChI=1S/C21H26BrFO2/c1-10-9-12-13-5-6-15(24)20(13,3)8-7-14(12)21(4)11(2)17(22)19(25)18(23)16(10)21/h11-14,17H,1,5-9H2,2-4H3/t11?,12-,13-,14+,17?,20-,21+/m0/s1. The van der Waals surface area contributed by atoms with Crippen LogP contribution in [0.5, 0.6) is 0 Å². The van der Waals surface area contributed by atoms with Gasteiger partial charge in [0.15, 0.2) is 5.83 Å². The van der Waals surface area contributed by atoms with E-state index in [2.05, 4.69) is 43.3 Å². The number of ketones is 2. The number of carbonyl (C=O) groups is 2. The predicted molar refractivity (Wildman–Crippen MR) is 98.9 cm³/mol. The summed E-state index contributed by atoms with van der Waals surface area (Å²) in [5, 5.41) is 0. The molecule has 4 aliphatic rings. The first-order valence-corrected chi connectivity index (χ1v) is 10.4. The van der Waals surface area contributed by atoms with Crippen molar-refractivity contribution in [1.82, 2.24) is 0 Å². The highest BCUT2D eigenvalue weighted by Gasteiger charge is 2.63. The highest BCUT2D eigenvalue weighted by Crippen LogP contribution is 2.67. The van der Waals surface area contributed by atoms with Gasteiger partial charge in [0.25, 0.3) is 0 Å². The lowest BCUT2D eigenvalue weighted by molar-refractivity contribution is -0.133. The van der Waals surface area contributed by atoms with Gasteiger partial charge in [0.1, 0.15) is 5.78 Å². The third-order valence-electron chi connectivity index (χ3n) is 8.36. The maximum atomic E-state index is 15.0. The number of halogens is 2. The first-order chi connectivity index (χ1) is 11.6. The Balaban J connectivity index is 1.85. The zero-order valence-electron chi connectivity index (χ0n) is 15.2. The van der Waals surface area contributed by atoms with Gasteiger partial charge in [-0.3, -0.25) is 9.59 Å². The summed E-state index contributed by atoms with van der Waals surface area (Å²) in [6.45, 7) is 10.5. The van der Waals surface area contributed by atoms with E-state index in [0.29, 0.717) is 35.5 Å². The van der Waals surface area contributed by atoms with Crippen molar-refractivity contribution < 1.29 is 14.0 Å². The zero-order chi connectivity index (χ0) is 18.3. The molecule has 7 atom stereocenters. The number of allylic oxidation sites excluding steroid dienone is 2. The molecule has 0 N–H and O–H groups in total. The largest absolute Gasteiger partial charge is 0.299 e. The molecule has 0 spiro atoms. The molecule has 3 fully saturated rings. The van der Waals surface area contributed by atoms with Gasteiger partial charge in [-0.2, -0.15) is 0 Å². The van der Waals surface area contributed by atoms with Gasteiger partial charge in [0, 0.05) is 22.8 Å². The Morgan fingerprint density at radius 3 is 2.56 bits per heavy atom. The fourth-order valence-electron chi connectivity index (χ4n) is 6.77. The Morgan fingerprint density at radius 1 is 1.20 bits per heavy atom. The van der Waals surface area contributed by atoms with E-state index >= 15 is 0 Å². The van der Waals surface area contributed by atoms with Crippen molar-refractivity contribution in [3.8, 4) is 0 Å². The summed E-state index contributed by atoms with van der Waals surface area (Å²) in [5.74, 6) is 0.457. The van der Waals surface area contributed by atoms with Crippen LogP contribution < -0.4 is 0 Å². The molecule has 0 aromatic heterocycles. The molecule has 2 nitrogen and oxygen atoms in total. The molecule has 0 aromatic carbocycles. The maximum Gasteiger partial charge on any atom is 0.205 e. The lowest BCUT2D eigenvalue weighted by Crippen LogP contribution is -2.56. The van der Waals surface area contributed by atoms with Crippen LogP contribution in [0, 0.1) is 34.5 Å². The monoisotopic (exact) mass is 408 g/mol. The molecule has 0 radical (unpaired) electrons. The fraction of sp³-hybridized carbons (Fsp3) is 0.714. The van der Waals surface area contributed by atoms with E-state index in [1.807, 2.05) is 0 Å². The lowest BCUT2D eigenvalue weighted by atomic mass is 9.44. The smallest absolute Gasteiger partial charge is 0.205 e. The van der Waals surface area contributed by atoms with Crippen LogP contribution in [0.1, 0.15) is 52.9 Å². The van der Waals surface area contributed by atoms with Crippen LogP contribution in [0.4, 0.5) is 4.39 Å². The molecule has 0 heterocycles. The highest BCUT2D eigenvalue weighted by molar-refractivity contribution is 9.10. The summed E-state index contributed by atoms with van der Waals surface area (Å²) < 4.78 is 15.0. The van der Waals surface area contributed by atoms with Gasteiger partial charge >= 0.3 is 0 Å². The molecule has 0 amide bonds. The highest BCUT2D eigenvalue weighted by atomic mass is 79.9. The summed E-state index contributed by atoms with van der Waals surface area (Å²) in [7, 11) is 0. The number of rotatable bonds is 0. The van der Waals surface area contributed by atoms with E-state index in [1.54, 1.807) is 0 Å². The molecule has 4 rings (SSSR count). The van der Waals surface area contributed by atoms with Gasteiger partial charge < -0.3 is 0 Å². The average molecular weight is 409 g/mol. The van der Waals surface area contributed by atoms with Crippen molar-refractivity contribution >= 4 is 27.5 Å². The molecule has 25 heavy (non-hydrogen) atoms. The van der Waals surface area contributed by atoms with E-state index < -0.39 is 16.4 Å². The molecule has 0 aromatic rings. The Labute approximate surface area is 157 Å². The summed E-state index contributed by atoms with van der Waals surface area (Å²) in [6, 6.07) is 0. The van der Waals surface area contributed by atoms with Gasteiger partial charge in [0.2, 0.25) is 5.78 Å². The number of Topliss-reactive ketones (excluding diaryl/α,β-unsaturated/α-hetero) is 2. The second-order valence-corrected chi connectivity index (χ2v) is 10.1. The van der Waals surface area contributed by atoms with Gasteiger partial charge in [-0.15, -0.1) is 0 Å². The van der Waals surface area contributed by atoms with Crippen molar-refractivity contribution in [2.45, 2.75) is 57.7 Å². The van der Waals surface area contributed by atoms with Crippen molar-refractivity contribution in [3.05, 3.63) is 23.6 Å². The Morgan fingerprint density at radius 2 is 1.88 bits per heavy atom. The lowest BCUT2D eigenvalue weighted by Gasteiger charge is -2.59. The predicted octanol–water partition coefficient (Wildman–Crippen LogP) is 5.17. The van der Waals surface area contributed by atoms with E-state index in [-0.39, 0.29) is 16.7 Å². The number of alkyl halides is 1. The Hall–Kier alpha value is -0.770. The molecule has 136 valence electrons. The minimum Gasteiger partial charge on any atom is -0.299 e. The summed E-state index contributed by atoms with van der Waals surface area (Å²) in [6.07, 6.45) is 4.18. The minimum absolute atomic E-state index is 0.0144. The van der Waals surface area contributed by atoms with E-state index in [4.69, 9.17) is 0 Å². The molecule has 0 aliphatic heterocycles. The fourth-order valence-corrected chi connectivity index (χ4v) is 7.52. The van der Waals surface area contributed by atoms with Gasteiger partial charge in [-0.05, 0) is 54.9 Å². The number of hydrogen-bond donors (Lipinski definition) is 0. The normalized spacial score (nSPS) is 49.8. The molecule has 2 unspecified atom stereocenters. The third-order valence-corrected chi connectivity index (χ3v) is 9.57. The van der Waals surface area contributed by atoms with Gasteiger partial charge in [0.05, 0.1) is 4.83 Å². The molecule has 3 saturated carbocycles. The number of carbonyl (C=O) groups excluding carboxylic acids is 2. The molecule has 4 heteroatoms. The van der Waals surface area contributed by atoms with Crippen molar-refractivity contribution in [2.75, 3.05) is 0 Å². The molecule has 4 aliphatic carbocycles. The van der Waals surface area contributed by atoms with Crippen LogP contribution >= 0.6 is 15.9 Å². The number of fused-ring (bicyclic) bond motifs is 5. The Bertz CT molecular complexity index is 725. The van der Waals surface area contributed by atoms with Crippen molar-refractivity contribution in [1.29, 1.82) is 0 Å². The summed E-state index contributed by atoms with van der Waals surface area (Å²) >= 11 is 3.46. The molecular formula is C21H26BrFO2. The molecule has 0 bridgehead atoms. The molecular weight excluding hydrogens is 383 g/mol. The number of hydrogen-bond acceptors (Lipinski definition) is 2.